The molecule has 2 fully saturated rings. The van der Waals surface area contributed by atoms with Crippen LogP contribution in [0.3, 0.4) is 0 Å². The van der Waals surface area contributed by atoms with E-state index in [-0.39, 0.29) is 47.0 Å². The number of hydrogen-bond donors (Lipinski definition) is 1. The zero-order chi connectivity index (χ0) is 30.5. The van der Waals surface area contributed by atoms with Crippen molar-refractivity contribution in [2.75, 3.05) is 43.0 Å². The maximum atomic E-state index is 13.3. The highest BCUT2D eigenvalue weighted by atomic mass is 32.2. The molecular weight excluding hydrogens is 590 g/mol. The van der Waals surface area contributed by atoms with Crippen molar-refractivity contribution in [3.8, 4) is 0 Å². The van der Waals surface area contributed by atoms with E-state index in [0.717, 1.165) is 17.8 Å². The van der Waals surface area contributed by atoms with Crippen LogP contribution in [-0.2, 0) is 15.7 Å². The number of nitro groups is 1. The molecule has 1 N–H and O–H groups in total. The molecule has 1 aliphatic heterocycles. The van der Waals surface area contributed by atoms with Crippen LogP contribution in [0.25, 0.3) is 0 Å². The molecule has 2 aromatic carbocycles. The molecule has 0 unspecified atom stereocenters. The first-order valence-corrected chi connectivity index (χ1v) is 14.2. The summed E-state index contributed by atoms with van der Waals surface area (Å²) in [5.41, 5.74) is -5.70. The number of carbonyl (C=O) groups excluding carboxylic acids is 1. The number of anilines is 2. The number of nitrogens with zero attached hydrogens (tertiary/aromatic N) is 3. The quantitative estimate of drug-likeness (QED) is 0.152. The number of amides is 1. The van der Waals surface area contributed by atoms with E-state index >= 15 is 0 Å². The molecule has 0 spiro atoms. The minimum Gasteiger partial charge on any atom is -0.382 e. The normalized spacial score (nSPS) is 20.2. The van der Waals surface area contributed by atoms with Crippen LogP contribution in [0.2, 0.25) is 0 Å². The van der Waals surface area contributed by atoms with Gasteiger partial charge in [0.1, 0.15) is 12.2 Å². The highest BCUT2D eigenvalue weighted by molar-refractivity contribution is 8.00. The average Bonchev–Trinajstić information content (AvgIpc) is 3.18. The lowest BCUT2D eigenvalue weighted by atomic mass is 9.92. The van der Waals surface area contributed by atoms with Gasteiger partial charge in [-0.15, -0.1) is 0 Å². The fraction of sp³-hybridized carbons (Fsp3) is 0.519. The van der Waals surface area contributed by atoms with Crippen molar-refractivity contribution in [3.63, 3.8) is 0 Å². The molecule has 1 aliphatic carbocycles. The van der Waals surface area contributed by atoms with Crippen molar-refractivity contribution in [1.82, 2.24) is 4.90 Å². The first-order chi connectivity index (χ1) is 19.8. The fourth-order valence-corrected chi connectivity index (χ4v) is 5.73. The highest BCUT2D eigenvalue weighted by Crippen LogP contribution is 2.39. The van der Waals surface area contributed by atoms with Gasteiger partial charge in [-0.2, -0.15) is 26.3 Å². The topological polar surface area (TPSA) is 87.9 Å². The van der Waals surface area contributed by atoms with E-state index in [1.165, 1.54) is 18.2 Å². The Kier molecular flexibility index (Phi) is 10.1. The SMILES string of the molecule is O=C(CO[C@H]1CC[C@H](Nc2ccc([N+](=O)[O-])c(C(F)(F)F)c2)CC1)N1CCCN(c2ccc(SC(F)(F)F)cc2)CC1. The maximum Gasteiger partial charge on any atom is 0.446 e. The summed E-state index contributed by atoms with van der Waals surface area (Å²) in [6.07, 6.45) is -1.95. The van der Waals surface area contributed by atoms with E-state index in [4.69, 9.17) is 4.74 Å². The molecule has 1 heterocycles. The van der Waals surface area contributed by atoms with Gasteiger partial charge in [0.05, 0.1) is 11.0 Å². The smallest absolute Gasteiger partial charge is 0.382 e. The molecule has 230 valence electrons. The van der Waals surface area contributed by atoms with Gasteiger partial charge in [0, 0.05) is 54.6 Å². The molecule has 0 aromatic heterocycles. The van der Waals surface area contributed by atoms with Crippen LogP contribution < -0.4 is 10.2 Å². The average molecular weight is 621 g/mol. The second-order valence-corrected chi connectivity index (χ2v) is 11.3. The lowest BCUT2D eigenvalue weighted by Crippen LogP contribution is -2.39. The van der Waals surface area contributed by atoms with Gasteiger partial charge in [-0.05, 0) is 80.3 Å². The molecule has 8 nitrogen and oxygen atoms in total. The van der Waals surface area contributed by atoms with Gasteiger partial charge in [-0.1, -0.05) is 0 Å². The number of nitro benzene ring substituents is 1. The molecule has 0 bridgehead atoms. The maximum absolute atomic E-state index is 13.3. The van der Waals surface area contributed by atoms with Crippen molar-refractivity contribution < 1.29 is 40.8 Å². The van der Waals surface area contributed by atoms with Gasteiger partial charge >= 0.3 is 11.7 Å². The van der Waals surface area contributed by atoms with E-state index in [0.29, 0.717) is 58.3 Å². The summed E-state index contributed by atoms with van der Waals surface area (Å²) in [7, 11) is 0. The van der Waals surface area contributed by atoms with Crippen LogP contribution in [0.5, 0.6) is 0 Å². The Hall–Kier alpha value is -3.20. The van der Waals surface area contributed by atoms with Gasteiger partial charge in [0.2, 0.25) is 5.91 Å². The number of nitrogens with one attached hydrogen (secondary N) is 1. The summed E-state index contributed by atoms with van der Waals surface area (Å²) >= 11 is -0.162. The third kappa shape index (κ3) is 8.90. The molecular formula is C27H30F6N4O4S. The number of carbonyl (C=O) groups is 1. The van der Waals surface area contributed by atoms with Gasteiger partial charge in [-0.3, -0.25) is 14.9 Å². The minimum atomic E-state index is -4.85. The summed E-state index contributed by atoms with van der Waals surface area (Å²) in [6.45, 7) is 2.09. The van der Waals surface area contributed by atoms with Crippen LogP contribution in [0.4, 0.5) is 43.4 Å². The molecule has 42 heavy (non-hydrogen) atoms. The van der Waals surface area contributed by atoms with Crippen molar-refractivity contribution in [3.05, 3.63) is 58.1 Å². The molecule has 1 saturated carbocycles. The van der Waals surface area contributed by atoms with Gasteiger partial charge in [0.25, 0.3) is 5.69 Å². The standard InChI is InChI=1S/C27H30F6N4O4S/c28-26(29,30)23-16-19(4-11-24(23)37(39)40)34-18-2-7-21(8-3-18)41-17-25(38)36-13-1-12-35(14-15-36)20-5-9-22(10-6-20)42-27(31,32)33/h4-6,9-11,16,18,21,34H,1-3,7-8,12-15,17H2/t18-,21-. The zero-order valence-electron chi connectivity index (χ0n) is 22.4. The molecule has 4 rings (SSSR count). The molecule has 15 heteroatoms. The number of halogens is 6. The van der Waals surface area contributed by atoms with Crippen LogP contribution >= 0.6 is 11.8 Å². The van der Waals surface area contributed by atoms with Crippen molar-refractivity contribution >= 4 is 34.7 Å². The lowest BCUT2D eigenvalue weighted by molar-refractivity contribution is -0.388. The summed E-state index contributed by atoms with van der Waals surface area (Å²) in [5, 5.41) is 14.0. The van der Waals surface area contributed by atoms with Crippen LogP contribution in [-0.4, -0.2) is 66.2 Å². The first kappa shape index (κ1) is 31.7. The number of rotatable bonds is 8. The predicted octanol–water partition coefficient (Wildman–Crippen LogP) is 6.70. The van der Waals surface area contributed by atoms with E-state index in [9.17, 15) is 41.3 Å². The van der Waals surface area contributed by atoms with Gasteiger partial charge in [0.15, 0.2) is 0 Å². The zero-order valence-corrected chi connectivity index (χ0v) is 23.2. The van der Waals surface area contributed by atoms with Crippen LogP contribution in [0.15, 0.2) is 47.4 Å². The predicted molar refractivity (Wildman–Crippen MR) is 145 cm³/mol. The van der Waals surface area contributed by atoms with Crippen LogP contribution in [0, 0.1) is 10.1 Å². The molecule has 2 aromatic rings. The number of benzene rings is 2. The first-order valence-electron chi connectivity index (χ1n) is 13.4. The Morgan fingerprint density at radius 3 is 2.29 bits per heavy atom. The summed E-state index contributed by atoms with van der Waals surface area (Å²) < 4.78 is 83.4. The second-order valence-electron chi connectivity index (χ2n) is 10.2. The summed E-state index contributed by atoms with van der Waals surface area (Å²) in [6, 6.07) is 8.90. The van der Waals surface area contributed by atoms with Crippen molar-refractivity contribution in [2.24, 2.45) is 0 Å². The van der Waals surface area contributed by atoms with E-state index in [2.05, 4.69) is 5.32 Å². The lowest BCUT2D eigenvalue weighted by Gasteiger charge is -2.30. The Labute approximate surface area is 242 Å². The Morgan fingerprint density at radius 1 is 0.976 bits per heavy atom. The summed E-state index contributed by atoms with van der Waals surface area (Å²) in [4.78, 5) is 26.6. The molecule has 0 atom stereocenters. The third-order valence-corrected chi connectivity index (χ3v) is 8.01. The molecule has 1 amide bonds. The Balaban J connectivity index is 1.20. The van der Waals surface area contributed by atoms with Gasteiger partial charge in [-0.25, -0.2) is 0 Å². The van der Waals surface area contributed by atoms with Crippen LogP contribution in [0.1, 0.15) is 37.7 Å². The fourth-order valence-electron chi connectivity index (χ4n) is 5.19. The number of thioether (sulfide) groups is 1. The summed E-state index contributed by atoms with van der Waals surface area (Å²) in [5.74, 6) is -0.153. The van der Waals surface area contributed by atoms with E-state index < -0.39 is 27.9 Å². The number of hydrogen-bond acceptors (Lipinski definition) is 7. The van der Waals surface area contributed by atoms with E-state index in [1.54, 1.807) is 17.0 Å². The van der Waals surface area contributed by atoms with Crippen molar-refractivity contribution in [2.45, 2.75) is 60.8 Å². The highest BCUT2D eigenvalue weighted by Gasteiger charge is 2.38. The second kappa shape index (κ2) is 13.4. The molecule has 2 aliphatic rings. The number of alkyl halides is 6. The van der Waals surface area contributed by atoms with Gasteiger partial charge < -0.3 is 19.9 Å². The largest absolute Gasteiger partial charge is 0.446 e. The van der Waals surface area contributed by atoms with E-state index in [1.807, 2.05) is 4.90 Å². The monoisotopic (exact) mass is 620 g/mol. The minimum absolute atomic E-state index is 0.0938. The molecule has 0 radical (unpaired) electrons. The number of ether oxygens (including phenoxy) is 1. The van der Waals surface area contributed by atoms with Crippen molar-refractivity contribution in [1.29, 1.82) is 0 Å². The molecule has 1 saturated heterocycles. The Morgan fingerprint density at radius 2 is 1.67 bits per heavy atom. The Bertz CT molecular complexity index is 1240. The third-order valence-electron chi connectivity index (χ3n) is 7.27.